The lowest BCUT2D eigenvalue weighted by molar-refractivity contribution is 0.0951. The molecule has 0 N–H and O–H groups in total. The number of ketones is 1. The van der Waals surface area contributed by atoms with Crippen molar-refractivity contribution in [2.24, 2.45) is 0 Å². The van der Waals surface area contributed by atoms with Crippen molar-refractivity contribution in [3.63, 3.8) is 0 Å². The van der Waals surface area contributed by atoms with Crippen LogP contribution in [0.2, 0.25) is 5.02 Å². The van der Waals surface area contributed by atoms with Crippen LogP contribution < -0.4 is 0 Å². The minimum absolute atomic E-state index is 0.0536. The lowest BCUT2D eigenvalue weighted by Gasteiger charge is -2.21. The summed E-state index contributed by atoms with van der Waals surface area (Å²) in [4.78, 5) is 12.7. The maximum Gasteiger partial charge on any atom is 0.185 e. The van der Waals surface area contributed by atoms with E-state index in [2.05, 4.69) is 10.2 Å². The van der Waals surface area contributed by atoms with Crippen LogP contribution in [-0.4, -0.2) is 32.7 Å². The lowest BCUT2D eigenvalue weighted by Crippen LogP contribution is -2.24. The zero-order valence-corrected chi connectivity index (χ0v) is 16.4. The molecule has 0 unspecified atom stereocenters. The van der Waals surface area contributed by atoms with E-state index in [1.807, 2.05) is 36.4 Å². The summed E-state index contributed by atoms with van der Waals surface area (Å²) in [6.07, 6.45) is 2.55. The van der Waals surface area contributed by atoms with Crippen LogP contribution in [0.15, 0.2) is 47.1 Å². The van der Waals surface area contributed by atoms with Crippen LogP contribution in [0, 0.1) is 0 Å². The summed E-state index contributed by atoms with van der Waals surface area (Å²) in [5, 5.41) is 14.0. The minimum atomic E-state index is -0.0600. The Hall–Kier alpha value is -3.03. The van der Waals surface area contributed by atoms with Crippen molar-refractivity contribution >= 4 is 23.0 Å². The Kier molecular flexibility index (Phi) is 4.41. The molecule has 0 aliphatic heterocycles. The number of rotatable bonds is 4. The van der Waals surface area contributed by atoms with Crippen molar-refractivity contribution in [2.75, 3.05) is 7.11 Å². The zero-order chi connectivity index (χ0) is 20.0. The van der Waals surface area contributed by atoms with Crippen LogP contribution in [0.4, 0.5) is 0 Å². The van der Waals surface area contributed by atoms with Crippen LogP contribution in [0.3, 0.4) is 0 Å². The second kappa shape index (κ2) is 7.09. The van der Waals surface area contributed by atoms with Crippen molar-refractivity contribution in [2.45, 2.75) is 25.4 Å². The average Bonchev–Trinajstić information content (AvgIpc) is 3.36. The summed E-state index contributed by atoms with van der Waals surface area (Å²) in [5.41, 5.74) is 4.06. The topological polar surface area (TPSA) is 82.5 Å². The summed E-state index contributed by atoms with van der Waals surface area (Å²) in [5.74, 6) is 0.672. The Morgan fingerprint density at radius 1 is 1.24 bits per heavy atom. The van der Waals surface area contributed by atoms with Crippen molar-refractivity contribution in [3.8, 4) is 11.1 Å². The summed E-state index contributed by atoms with van der Waals surface area (Å²) in [7, 11) is 1.61. The molecule has 0 amide bonds. The quantitative estimate of drug-likeness (QED) is 0.505. The molecule has 0 radical (unpaired) electrons. The van der Waals surface area contributed by atoms with Gasteiger partial charge in [-0.1, -0.05) is 23.7 Å². The van der Waals surface area contributed by atoms with E-state index in [1.54, 1.807) is 17.9 Å². The highest BCUT2D eigenvalue weighted by atomic mass is 35.5. The normalized spacial score (nSPS) is 16.3. The molecule has 3 aromatic heterocycles. The molecule has 1 aromatic carbocycles. The zero-order valence-electron chi connectivity index (χ0n) is 15.6. The molecule has 3 heterocycles. The molecule has 0 saturated carbocycles. The highest BCUT2D eigenvalue weighted by Gasteiger charge is 2.33. The maximum atomic E-state index is 12.7. The molecular formula is C21H17ClN4O3. The predicted molar refractivity (Wildman–Crippen MR) is 106 cm³/mol. The fraction of sp³-hybridized carbons (Fsp3) is 0.238. The molecule has 0 saturated heterocycles. The number of furan rings is 1. The molecule has 0 bridgehead atoms. The molecule has 29 heavy (non-hydrogen) atoms. The third-order valence-corrected chi connectivity index (χ3v) is 5.42. The lowest BCUT2D eigenvalue weighted by atomic mass is 9.87. The van der Waals surface area contributed by atoms with Crippen molar-refractivity contribution in [1.29, 1.82) is 0 Å². The first-order valence-corrected chi connectivity index (χ1v) is 9.62. The van der Waals surface area contributed by atoms with E-state index in [1.165, 1.54) is 0 Å². The molecule has 7 nitrogen and oxygen atoms in total. The first-order chi connectivity index (χ1) is 14.2. The van der Waals surface area contributed by atoms with Gasteiger partial charge in [0.05, 0.1) is 29.8 Å². The van der Waals surface area contributed by atoms with Crippen LogP contribution >= 0.6 is 11.6 Å². The van der Waals surface area contributed by atoms with Gasteiger partial charge in [0.1, 0.15) is 5.76 Å². The second-order valence-corrected chi connectivity index (χ2v) is 7.48. The number of ether oxygens (including phenoxy) is 1. The fourth-order valence-electron chi connectivity index (χ4n) is 3.92. The van der Waals surface area contributed by atoms with E-state index in [-0.39, 0.29) is 11.7 Å². The Balaban J connectivity index is 1.72. The standard InChI is InChI=1S/C21H17ClN4O3/c1-28-11-15-19(12-4-2-5-14(22)8-12)21-24-23-20-16(26(21)25-15)9-13(10-17(20)27)18-6-3-7-29-18/h2-8,13H,9-11H2,1H3/t13-/m1/s1. The highest BCUT2D eigenvalue weighted by Crippen LogP contribution is 2.35. The van der Waals surface area contributed by atoms with Crippen molar-refractivity contribution in [1.82, 2.24) is 19.8 Å². The Morgan fingerprint density at radius 2 is 2.14 bits per heavy atom. The van der Waals surface area contributed by atoms with Crippen LogP contribution in [0.25, 0.3) is 16.8 Å². The number of hydrogen-bond donors (Lipinski definition) is 0. The number of methoxy groups -OCH3 is 1. The molecular weight excluding hydrogens is 392 g/mol. The number of halogens is 1. The molecule has 5 rings (SSSR count). The summed E-state index contributed by atoms with van der Waals surface area (Å²) >= 11 is 6.20. The molecule has 1 aliphatic carbocycles. The van der Waals surface area contributed by atoms with Gasteiger partial charge >= 0.3 is 0 Å². The summed E-state index contributed by atoms with van der Waals surface area (Å²) in [6.45, 7) is 0.301. The summed E-state index contributed by atoms with van der Waals surface area (Å²) in [6, 6.07) is 11.2. The minimum Gasteiger partial charge on any atom is -0.469 e. The largest absolute Gasteiger partial charge is 0.469 e. The third-order valence-electron chi connectivity index (χ3n) is 5.18. The first kappa shape index (κ1) is 18.0. The van der Waals surface area contributed by atoms with Gasteiger partial charge in [-0.05, 0) is 29.8 Å². The third kappa shape index (κ3) is 3.03. The van der Waals surface area contributed by atoms with Gasteiger partial charge in [0.15, 0.2) is 17.1 Å². The fourth-order valence-corrected chi connectivity index (χ4v) is 4.11. The van der Waals surface area contributed by atoms with Gasteiger partial charge in [0.25, 0.3) is 0 Å². The number of Topliss-reactive ketones (excluding diaryl/α,β-unsaturated/α-hetero) is 1. The number of carbonyl (C=O) groups excluding carboxylic acids is 1. The van der Waals surface area contributed by atoms with E-state index in [0.717, 1.165) is 22.6 Å². The number of fused-ring (bicyclic) bond motifs is 3. The van der Waals surface area contributed by atoms with E-state index < -0.39 is 0 Å². The first-order valence-electron chi connectivity index (χ1n) is 9.24. The van der Waals surface area contributed by atoms with Gasteiger partial charge in [0.2, 0.25) is 0 Å². The molecule has 1 aliphatic rings. The molecule has 0 spiro atoms. The average molecular weight is 409 g/mol. The van der Waals surface area contributed by atoms with Gasteiger partial charge in [-0.25, -0.2) is 4.52 Å². The van der Waals surface area contributed by atoms with Gasteiger partial charge in [-0.2, -0.15) is 5.10 Å². The molecule has 8 heteroatoms. The van der Waals surface area contributed by atoms with Crippen LogP contribution in [-0.2, 0) is 17.8 Å². The SMILES string of the molecule is COCc1nn2c3c(nnc2c1-c1cccc(Cl)c1)C(=O)C[C@H](c1ccco1)C3. The highest BCUT2D eigenvalue weighted by molar-refractivity contribution is 6.30. The Morgan fingerprint density at radius 3 is 2.90 bits per heavy atom. The van der Waals surface area contributed by atoms with Crippen LogP contribution in [0.1, 0.15) is 40.0 Å². The maximum absolute atomic E-state index is 12.7. The number of carbonyl (C=O) groups is 1. The van der Waals surface area contributed by atoms with Crippen molar-refractivity contribution in [3.05, 3.63) is 70.5 Å². The van der Waals surface area contributed by atoms with Gasteiger partial charge in [-0.3, -0.25) is 4.79 Å². The summed E-state index contributed by atoms with van der Waals surface area (Å²) < 4.78 is 12.6. The van der Waals surface area contributed by atoms with Gasteiger partial charge < -0.3 is 9.15 Å². The van der Waals surface area contributed by atoms with E-state index in [4.69, 9.17) is 25.9 Å². The second-order valence-electron chi connectivity index (χ2n) is 7.04. The number of benzene rings is 1. The molecule has 4 aromatic rings. The van der Waals surface area contributed by atoms with Gasteiger partial charge in [-0.15, -0.1) is 10.2 Å². The number of nitrogens with zero attached hydrogens (tertiary/aromatic N) is 4. The van der Waals surface area contributed by atoms with E-state index >= 15 is 0 Å². The van der Waals surface area contributed by atoms with Crippen LogP contribution in [0.5, 0.6) is 0 Å². The number of aromatic nitrogens is 4. The molecule has 1 atom stereocenters. The van der Waals surface area contributed by atoms with E-state index in [9.17, 15) is 4.79 Å². The monoisotopic (exact) mass is 408 g/mol. The van der Waals surface area contributed by atoms with Gasteiger partial charge in [0, 0.05) is 30.9 Å². The smallest absolute Gasteiger partial charge is 0.185 e. The molecule has 146 valence electrons. The van der Waals surface area contributed by atoms with E-state index in [0.29, 0.717) is 41.5 Å². The Labute approximate surface area is 171 Å². The predicted octanol–water partition coefficient (Wildman–Crippen LogP) is 4.10. The molecule has 0 fully saturated rings. The number of hydrogen-bond acceptors (Lipinski definition) is 6. The van der Waals surface area contributed by atoms with Crippen molar-refractivity contribution < 1.29 is 13.9 Å². The Bertz CT molecular complexity index is 1220.